The van der Waals surface area contributed by atoms with Gasteiger partial charge >= 0.3 is 35.6 Å². The molecule has 4 heteroatoms. The van der Waals surface area contributed by atoms with Gasteiger partial charge in [0.05, 0.1) is 0 Å². The van der Waals surface area contributed by atoms with Crippen LogP contribution in [0.5, 0.6) is 0 Å². The molecule has 0 spiro atoms. The van der Waals surface area contributed by atoms with E-state index in [1.165, 1.54) is 24.0 Å². The first-order chi connectivity index (χ1) is 12.2. The van der Waals surface area contributed by atoms with Gasteiger partial charge in [-0.1, -0.05) is 75.2 Å². The van der Waals surface area contributed by atoms with E-state index in [2.05, 4.69) is 71.0 Å². The van der Waals surface area contributed by atoms with E-state index in [0.29, 0.717) is 5.92 Å². The molecule has 3 rings (SSSR count). The average Bonchev–Trinajstić information content (AvgIpc) is 2.94. The number of aryl methyl sites for hydroxylation is 1. The number of hydrogen-bond acceptors (Lipinski definition) is 0. The van der Waals surface area contributed by atoms with E-state index in [9.17, 15) is 0 Å². The average molecular weight is 442 g/mol. The van der Waals surface area contributed by atoms with Crippen LogP contribution < -0.4 is 0 Å². The van der Waals surface area contributed by atoms with Gasteiger partial charge in [0.2, 0.25) is 0 Å². The molecule has 0 bridgehead atoms. The number of rotatable bonds is 3. The zero-order chi connectivity index (χ0) is 19.3. The van der Waals surface area contributed by atoms with Crippen molar-refractivity contribution in [1.82, 2.24) is 0 Å². The Morgan fingerprint density at radius 3 is 2.26 bits per heavy atom. The van der Waals surface area contributed by atoms with Crippen molar-refractivity contribution in [2.45, 2.75) is 47.5 Å². The summed E-state index contributed by atoms with van der Waals surface area (Å²) in [5.74, 6) is 2.28. The standard InChI is InChI=1S/C22H30N.CH3.2ClH.Ti/c1-15-6-8-20(9-7-15)23-14-18-13-19(22(3,4)5)12-17-10-16(2)11-21(17)18;;;;/h6-9,12-13,16-17,21H,10-11,14H2,1-5H3;1H3;2*1H;/q2*-1;;;+2/p-2. The Balaban J connectivity index is 0.000000855. The fourth-order valence-electron chi connectivity index (χ4n) is 3.99. The van der Waals surface area contributed by atoms with Crippen LogP contribution in [-0.2, 0) is 17.0 Å². The van der Waals surface area contributed by atoms with Crippen LogP contribution in [0.2, 0.25) is 0 Å². The van der Waals surface area contributed by atoms with Crippen molar-refractivity contribution in [3.8, 4) is 0 Å². The van der Waals surface area contributed by atoms with Crippen molar-refractivity contribution < 1.29 is 17.0 Å². The molecule has 1 aromatic rings. The summed E-state index contributed by atoms with van der Waals surface area (Å²) in [4.78, 5) is 0. The van der Waals surface area contributed by atoms with E-state index < -0.39 is 17.0 Å². The molecule has 0 aliphatic heterocycles. The molecule has 1 nitrogen and oxygen atoms in total. The molecule has 150 valence electrons. The molecule has 0 aromatic heterocycles. The first kappa shape index (κ1) is 24.8. The predicted molar refractivity (Wildman–Crippen MR) is 118 cm³/mol. The first-order valence-electron chi connectivity index (χ1n) is 9.37. The molecular formula is C23H33Cl2NTi-2. The Morgan fingerprint density at radius 2 is 1.70 bits per heavy atom. The van der Waals surface area contributed by atoms with Crippen LogP contribution in [0.15, 0.2) is 47.6 Å². The summed E-state index contributed by atoms with van der Waals surface area (Å²) >= 11 is -0.556. The van der Waals surface area contributed by atoms with E-state index in [-0.39, 0.29) is 12.8 Å². The van der Waals surface area contributed by atoms with E-state index in [0.717, 1.165) is 24.1 Å². The van der Waals surface area contributed by atoms with Crippen molar-refractivity contribution in [1.29, 1.82) is 0 Å². The minimum atomic E-state index is -0.556. The minimum absolute atomic E-state index is 0. The summed E-state index contributed by atoms with van der Waals surface area (Å²) in [7, 11) is 9.78. The maximum atomic E-state index is 4.89. The molecule has 0 heterocycles. The Kier molecular flexibility index (Phi) is 10.2. The topological polar surface area (TPSA) is 14.1 Å². The molecule has 1 fully saturated rings. The molecule has 0 N–H and O–H groups in total. The number of nitrogens with zero attached hydrogens (tertiary/aromatic N) is 1. The summed E-state index contributed by atoms with van der Waals surface area (Å²) < 4.78 is 0. The molecule has 3 unspecified atom stereocenters. The van der Waals surface area contributed by atoms with Crippen LogP contribution in [0.3, 0.4) is 0 Å². The number of allylic oxidation sites excluding steroid dienone is 3. The van der Waals surface area contributed by atoms with Crippen molar-refractivity contribution in [3.05, 3.63) is 65.9 Å². The summed E-state index contributed by atoms with van der Waals surface area (Å²) in [6, 6.07) is 8.56. The number of benzene rings is 1. The van der Waals surface area contributed by atoms with Crippen LogP contribution >= 0.6 is 18.6 Å². The second-order valence-electron chi connectivity index (χ2n) is 8.66. The van der Waals surface area contributed by atoms with Gasteiger partial charge in [-0.05, 0) is 48.5 Å². The van der Waals surface area contributed by atoms with Gasteiger partial charge in [0.15, 0.2) is 0 Å². The van der Waals surface area contributed by atoms with Crippen LogP contribution in [0.25, 0.3) is 5.32 Å². The Bertz CT molecular complexity index is 643. The molecular weight excluding hydrogens is 409 g/mol. The summed E-state index contributed by atoms with van der Waals surface area (Å²) in [6.45, 7) is 12.3. The monoisotopic (exact) mass is 441 g/mol. The molecule has 0 amide bonds. The SMILES string of the molecule is Cc1ccc([N-]CC2=CC(C(C)(C)C)=CC3CC(C)CC23)cc1.[CH3-].[Cl][Ti][Cl]. The first-order valence-corrected chi connectivity index (χ1v) is 13.7. The van der Waals surface area contributed by atoms with Crippen LogP contribution in [0, 0.1) is 37.5 Å². The summed E-state index contributed by atoms with van der Waals surface area (Å²) in [5, 5.41) is 4.88. The molecule has 2 aliphatic rings. The molecule has 3 atom stereocenters. The predicted octanol–water partition coefficient (Wildman–Crippen LogP) is 8.40. The third-order valence-electron chi connectivity index (χ3n) is 5.40. The van der Waals surface area contributed by atoms with Crippen molar-refractivity contribution in [2.24, 2.45) is 23.2 Å². The van der Waals surface area contributed by atoms with E-state index in [4.69, 9.17) is 23.9 Å². The van der Waals surface area contributed by atoms with Gasteiger partial charge in [-0.3, -0.25) is 0 Å². The molecule has 27 heavy (non-hydrogen) atoms. The van der Waals surface area contributed by atoms with Crippen LogP contribution in [0.1, 0.15) is 46.1 Å². The van der Waals surface area contributed by atoms with Crippen molar-refractivity contribution in [2.75, 3.05) is 6.54 Å². The van der Waals surface area contributed by atoms with Gasteiger partial charge in [-0.2, -0.15) is 0 Å². The molecule has 2 aliphatic carbocycles. The molecule has 1 aromatic carbocycles. The summed E-state index contributed by atoms with van der Waals surface area (Å²) in [6.07, 6.45) is 7.68. The zero-order valence-corrected chi connectivity index (χ0v) is 20.6. The van der Waals surface area contributed by atoms with E-state index in [1.54, 1.807) is 5.57 Å². The zero-order valence-electron chi connectivity index (χ0n) is 17.5. The molecule has 0 saturated heterocycles. The fraction of sp³-hybridized carbons (Fsp3) is 0.522. The Labute approximate surface area is 183 Å². The fourth-order valence-corrected chi connectivity index (χ4v) is 3.99. The Hall–Kier alpha value is -0.206. The van der Waals surface area contributed by atoms with Crippen molar-refractivity contribution >= 4 is 24.3 Å². The number of fused-ring (bicyclic) bond motifs is 1. The van der Waals surface area contributed by atoms with Gasteiger partial charge in [-0.25, -0.2) is 0 Å². The summed E-state index contributed by atoms with van der Waals surface area (Å²) in [5.41, 5.74) is 5.68. The van der Waals surface area contributed by atoms with Gasteiger partial charge < -0.3 is 12.7 Å². The van der Waals surface area contributed by atoms with Gasteiger partial charge in [0, 0.05) is 0 Å². The van der Waals surface area contributed by atoms with E-state index in [1.807, 2.05) is 0 Å². The Morgan fingerprint density at radius 1 is 1.11 bits per heavy atom. The second kappa shape index (κ2) is 11.1. The van der Waals surface area contributed by atoms with Crippen LogP contribution in [0.4, 0.5) is 5.69 Å². The normalized spacial score (nSPS) is 23.7. The molecule has 1 saturated carbocycles. The van der Waals surface area contributed by atoms with E-state index >= 15 is 0 Å². The van der Waals surface area contributed by atoms with Gasteiger partial charge in [-0.15, -0.1) is 12.2 Å². The third-order valence-corrected chi connectivity index (χ3v) is 5.40. The second-order valence-corrected chi connectivity index (χ2v) is 11.2. The number of hydrogen-bond donors (Lipinski definition) is 0. The molecule has 0 radical (unpaired) electrons. The van der Waals surface area contributed by atoms with Gasteiger partial charge in [0.25, 0.3) is 0 Å². The number of halogens is 2. The quantitative estimate of drug-likeness (QED) is 0.330. The van der Waals surface area contributed by atoms with Gasteiger partial charge in [0.1, 0.15) is 0 Å². The maximum absolute atomic E-state index is 4.89. The third kappa shape index (κ3) is 7.28. The van der Waals surface area contributed by atoms with Crippen LogP contribution in [-0.4, -0.2) is 6.54 Å². The van der Waals surface area contributed by atoms with Crippen molar-refractivity contribution in [3.63, 3.8) is 0 Å².